The molecule has 8 aliphatic rings. The molecule has 0 N–H and O–H groups in total. The van der Waals surface area contributed by atoms with Crippen LogP contribution in [0.2, 0.25) is 0 Å². The molecule has 0 unspecified atom stereocenters. The summed E-state index contributed by atoms with van der Waals surface area (Å²) in [7, 11) is 0. The molecule has 5 nitrogen and oxygen atoms in total. The summed E-state index contributed by atoms with van der Waals surface area (Å²) in [5, 5.41) is 0. The Kier molecular flexibility index (Phi) is 10.9. The highest BCUT2D eigenvalue weighted by atomic mass is 16.6. The standard InChI is InChI=1S/2C16H26O2.C16H26O/c2*1-11-7-8-15(3)12(14(11,2)9-10-17)5-6-13-16(15,4)18-13;1-12-6-5-7-14-15(12,3)9-8-13(2)16(14,4)10-11-17/h2*10-13H,5-9H2,1-4H3;6,11,13-14H,5,7-10H2,1-4H3/t11-,12-,13+,14+,15-,16+;11-,12-,13-,14+,15-,16-;13-,14+,15+,16+/m111/s1. The van der Waals surface area contributed by atoms with E-state index in [1.54, 1.807) is 5.57 Å². The minimum Gasteiger partial charge on any atom is -0.366 e. The Balaban J connectivity index is 0.000000136. The minimum absolute atomic E-state index is 0.0974. The number of allylic oxidation sites excluding steroid dienone is 2. The average molecular weight is 735 g/mol. The van der Waals surface area contributed by atoms with E-state index in [1.807, 2.05) is 0 Å². The first-order valence-electron chi connectivity index (χ1n) is 22.1. The fraction of sp³-hybridized carbons (Fsp3) is 0.896. The highest BCUT2D eigenvalue weighted by Gasteiger charge is 2.73. The first kappa shape index (κ1) is 41.3. The number of carbonyl (C=O) groups excluding carboxylic acids is 3. The van der Waals surface area contributed by atoms with E-state index < -0.39 is 0 Å². The van der Waals surface area contributed by atoms with E-state index in [2.05, 4.69) is 89.2 Å². The number of aldehydes is 3. The Labute approximate surface area is 324 Å². The molecule has 2 aliphatic heterocycles. The minimum atomic E-state index is 0.0974. The van der Waals surface area contributed by atoms with Crippen molar-refractivity contribution in [1.82, 2.24) is 0 Å². The number of fused-ring (bicyclic) bond motifs is 7. The third-order valence-corrected chi connectivity index (χ3v) is 20.3. The van der Waals surface area contributed by atoms with Gasteiger partial charge in [-0.2, -0.15) is 0 Å². The second-order valence-corrected chi connectivity index (χ2v) is 21.9. The highest BCUT2D eigenvalue weighted by molar-refractivity contribution is 5.52. The van der Waals surface area contributed by atoms with Crippen molar-refractivity contribution in [2.75, 3.05) is 0 Å². The monoisotopic (exact) mass is 735 g/mol. The van der Waals surface area contributed by atoms with Crippen LogP contribution in [0, 0.1) is 68.0 Å². The maximum Gasteiger partial charge on any atom is 0.120 e. The smallest absolute Gasteiger partial charge is 0.120 e. The van der Waals surface area contributed by atoms with Gasteiger partial charge in [0.2, 0.25) is 0 Å². The summed E-state index contributed by atoms with van der Waals surface area (Å²) in [4.78, 5) is 33.4. The molecule has 300 valence electrons. The number of ether oxygens (including phenoxy) is 2. The van der Waals surface area contributed by atoms with Gasteiger partial charge in [-0.1, -0.05) is 74.0 Å². The van der Waals surface area contributed by atoms with Gasteiger partial charge in [0, 0.05) is 30.1 Å². The van der Waals surface area contributed by atoms with E-state index in [-0.39, 0.29) is 38.3 Å². The van der Waals surface area contributed by atoms with Crippen LogP contribution in [0.15, 0.2) is 11.6 Å². The van der Waals surface area contributed by atoms with Crippen molar-refractivity contribution in [3.63, 3.8) is 0 Å². The van der Waals surface area contributed by atoms with Crippen molar-refractivity contribution in [2.24, 2.45) is 68.0 Å². The van der Waals surface area contributed by atoms with E-state index in [9.17, 15) is 14.4 Å². The first-order valence-corrected chi connectivity index (χ1v) is 22.1. The zero-order chi connectivity index (χ0) is 39.0. The van der Waals surface area contributed by atoms with Gasteiger partial charge >= 0.3 is 0 Å². The van der Waals surface area contributed by atoms with Crippen LogP contribution in [0.25, 0.3) is 0 Å². The maximum absolute atomic E-state index is 11.1. The summed E-state index contributed by atoms with van der Waals surface area (Å²) in [5.74, 6) is 3.95. The van der Waals surface area contributed by atoms with Gasteiger partial charge in [-0.3, -0.25) is 0 Å². The molecule has 0 amide bonds. The summed E-state index contributed by atoms with van der Waals surface area (Å²) in [6, 6.07) is 0. The lowest BCUT2D eigenvalue weighted by molar-refractivity contribution is -0.125. The predicted octanol–water partition coefficient (Wildman–Crippen LogP) is 11.5. The molecule has 5 heteroatoms. The molecule has 0 radical (unpaired) electrons. The van der Waals surface area contributed by atoms with Gasteiger partial charge in [0.1, 0.15) is 18.9 Å². The SMILES string of the molecule is CC1=CCC[C@@H]2[C@@](C)(CC=O)[C@H](C)CC[C@@]12C.C[C@@H]1CC[C@]2(C)[C@H](CC[C@@H]3O[C@@]32C)[C@@]1(C)CC=O.C[C@@H]1CC[C@]2(C)[C@H](CC[C@H]3O[C@]32C)[C@@]1(C)CC=O. The van der Waals surface area contributed by atoms with Gasteiger partial charge in [0.25, 0.3) is 0 Å². The van der Waals surface area contributed by atoms with Crippen LogP contribution in [0.5, 0.6) is 0 Å². The fourth-order valence-electron chi connectivity index (χ4n) is 15.0. The lowest BCUT2D eigenvalue weighted by Gasteiger charge is -2.58. The zero-order valence-corrected chi connectivity index (χ0v) is 36.1. The van der Waals surface area contributed by atoms with Crippen molar-refractivity contribution in [3.05, 3.63) is 11.6 Å². The molecule has 2 saturated heterocycles. The van der Waals surface area contributed by atoms with Gasteiger partial charge in [0.15, 0.2) is 0 Å². The number of hydrogen-bond donors (Lipinski definition) is 0. The van der Waals surface area contributed by atoms with Crippen molar-refractivity contribution < 1.29 is 23.9 Å². The molecule has 2 heterocycles. The van der Waals surface area contributed by atoms with E-state index in [0.29, 0.717) is 53.1 Å². The van der Waals surface area contributed by atoms with Crippen LogP contribution in [-0.4, -0.2) is 42.3 Å². The molecule has 53 heavy (non-hydrogen) atoms. The second-order valence-electron chi connectivity index (χ2n) is 21.9. The second kappa shape index (κ2) is 13.9. The molecular weight excluding hydrogens is 657 g/mol. The quantitative estimate of drug-likeness (QED) is 0.154. The molecule has 0 bridgehead atoms. The van der Waals surface area contributed by atoms with E-state index >= 15 is 0 Å². The van der Waals surface area contributed by atoms with Crippen molar-refractivity contribution in [2.45, 2.75) is 203 Å². The Hall–Kier alpha value is -1.33. The molecule has 7 fully saturated rings. The molecular formula is C48H78O5. The largest absolute Gasteiger partial charge is 0.366 e. The Bertz CT molecular complexity index is 1370. The van der Waals surface area contributed by atoms with E-state index in [4.69, 9.17) is 9.47 Å². The van der Waals surface area contributed by atoms with Crippen LogP contribution in [0.4, 0.5) is 0 Å². The van der Waals surface area contributed by atoms with E-state index in [0.717, 1.165) is 38.1 Å². The topological polar surface area (TPSA) is 76.3 Å². The van der Waals surface area contributed by atoms with Crippen molar-refractivity contribution >= 4 is 18.9 Å². The lowest BCUT2D eigenvalue weighted by atomic mass is 9.45. The summed E-state index contributed by atoms with van der Waals surface area (Å²) in [6.07, 6.45) is 23.9. The summed E-state index contributed by atoms with van der Waals surface area (Å²) in [5.41, 5.74) is 3.23. The van der Waals surface area contributed by atoms with Crippen LogP contribution >= 0.6 is 0 Å². The Morgan fingerprint density at radius 2 is 0.925 bits per heavy atom. The van der Waals surface area contributed by atoms with Gasteiger partial charge in [0.05, 0.1) is 23.4 Å². The highest BCUT2D eigenvalue weighted by Crippen LogP contribution is 2.71. The third kappa shape index (κ3) is 6.07. The normalized spacial score (nSPS) is 54.5. The Morgan fingerprint density at radius 3 is 1.32 bits per heavy atom. The van der Waals surface area contributed by atoms with Gasteiger partial charge in [-0.15, -0.1) is 0 Å². The molecule has 5 saturated carbocycles. The number of rotatable bonds is 6. The van der Waals surface area contributed by atoms with Gasteiger partial charge in [-0.05, 0) is 155 Å². The number of epoxide rings is 2. The van der Waals surface area contributed by atoms with Crippen molar-refractivity contribution in [3.8, 4) is 0 Å². The zero-order valence-electron chi connectivity index (χ0n) is 36.1. The summed E-state index contributed by atoms with van der Waals surface area (Å²) in [6.45, 7) is 28.3. The summed E-state index contributed by atoms with van der Waals surface area (Å²) < 4.78 is 12.1. The summed E-state index contributed by atoms with van der Waals surface area (Å²) >= 11 is 0. The molecule has 16 atom stereocenters. The molecule has 0 aromatic heterocycles. The molecule has 0 spiro atoms. The first-order chi connectivity index (χ1) is 24.7. The number of hydrogen-bond acceptors (Lipinski definition) is 5. The van der Waals surface area contributed by atoms with E-state index in [1.165, 1.54) is 77.0 Å². The van der Waals surface area contributed by atoms with Gasteiger partial charge < -0.3 is 23.9 Å². The van der Waals surface area contributed by atoms with Crippen LogP contribution < -0.4 is 0 Å². The van der Waals surface area contributed by atoms with Crippen molar-refractivity contribution in [1.29, 1.82) is 0 Å². The lowest BCUT2D eigenvalue weighted by Crippen LogP contribution is -2.56. The van der Waals surface area contributed by atoms with Crippen LogP contribution in [0.3, 0.4) is 0 Å². The molecule has 8 rings (SSSR count). The molecule has 6 aliphatic carbocycles. The fourth-order valence-corrected chi connectivity index (χ4v) is 15.0. The Morgan fingerprint density at radius 1 is 0.547 bits per heavy atom. The average Bonchev–Trinajstić information content (AvgIpc) is 4.00. The van der Waals surface area contributed by atoms with Crippen LogP contribution in [-0.2, 0) is 23.9 Å². The maximum atomic E-state index is 11.1. The predicted molar refractivity (Wildman–Crippen MR) is 214 cm³/mol. The van der Waals surface area contributed by atoms with Gasteiger partial charge in [-0.25, -0.2) is 0 Å². The molecule has 0 aromatic carbocycles. The van der Waals surface area contributed by atoms with Crippen LogP contribution in [0.1, 0.15) is 179 Å². The number of carbonyl (C=O) groups is 3. The molecule has 0 aromatic rings. The third-order valence-electron chi connectivity index (χ3n) is 20.3.